The minimum Gasteiger partial charge on any atom is -0.548 e. The van der Waals surface area contributed by atoms with Gasteiger partial charge in [-0.2, -0.15) is 0 Å². The van der Waals surface area contributed by atoms with E-state index in [-0.39, 0.29) is 10.5 Å². The van der Waals surface area contributed by atoms with Crippen LogP contribution in [0, 0.1) is 0 Å². The highest BCUT2D eigenvalue weighted by Crippen LogP contribution is 2.31. The second kappa shape index (κ2) is 7.88. The maximum atomic E-state index is 12.1. The van der Waals surface area contributed by atoms with Gasteiger partial charge in [0.1, 0.15) is 4.32 Å². The Hall–Kier alpha value is -1.96. The Balaban J connectivity index is 0.00000242. The van der Waals surface area contributed by atoms with E-state index in [9.17, 15) is 14.7 Å². The standard InChI is InChI=1S/C15H13NO3S2.H3N/c1-10(7-11-5-3-2-4-6-11)8-12-14(19)16(9-13(17)18)15(20)21-12;/h2-8H,9H2,1H3,(H,17,18);1H3/b10-7+,12-8+;. The van der Waals surface area contributed by atoms with Crippen molar-refractivity contribution in [2.45, 2.75) is 6.92 Å². The summed E-state index contributed by atoms with van der Waals surface area (Å²) < 4.78 is 0.239. The molecule has 1 aromatic carbocycles. The fourth-order valence-corrected chi connectivity index (χ4v) is 3.13. The average Bonchev–Trinajstić information content (AvgIpc) is 2.67. The van der Waals surface area contributed by atoms with Gasteiger partial charge in [-0.25, -0.2) is 0 Å². The molecule has 0 atom stereocenters. The highest BCUT2D eigenvalue weighted by atomic mass is 32.2. The molecule has 1 fully saturated rings. The van der Waals surface area contributed by atoms with E-state index in [1.807, 2.05) is 43.3 Å². The van der Waals surface area contributed by atoms with E-state index in [1.54, 1.807) is 6.08 Å². The molecule has 0 aromatic heterocycles. The van der Waals surface area contributed by atoms with Crippen molar-refractivity contribution in [3.05, 3.63) is 52.4 Å². The van der Waals surface area contributed by atoms with E-state index in [0.29, 0.717) is 4.91 Å². The van der Waals surface area contributed by atoms with Crippen LogP contribution in [0.15, 0.2) is 46.9 Å². The molecule has 4 N–H and O–H groups in total. The summed E-state index contributed by atoms with van der Waals surface area (Å²) in [5, 5.41) is 10.6. The Labute approximate surface area is 138 Å². The van der Waals surface area contributed by atoms with Crippen LogP contribution in [0.5, 0.6) is 0 Å². The van der Waals surface area contributed by atoms with Gasteiger partial charge in [-0.05, 0) is 24.1 Å². The number of hydrogen-bond donors (Lipinski definition) is 1. The maximum Gasteiger partial charge on any atom is 0.266 e. The molecule has 0 radical (unpaired) electrons. The quantitative estimate of drug-likeness (QED) is 0.669. The second-order valence-electron chi connectivity index (χ2n) is 4.44. The summed E-state index contributed by atoms with van der Waals surface area (Å²) in [6.07, 6.45) is 3.65. The van der Waals surface area contributed by atoms with Gasteiger partial charge in [-0.1, -0.05) is 60.4 Å². The Bertz CT molecular complexity index is 654. The SMILES string of the molecule is CC(=C\c1ccccc1)/C=C1/SC(=S)N(CC(=O)[O-])C1=O.[NH4+]. The number of carbonyl (C=O) groups is 2. The predicted molar refractivity (Wildman–Crippen MR) is 91.1 cm³/mol. The Kier molecular flexibility index (Phi) is 6.48. The van der Waals surface area contributed by atoms with E-state index in [2.05, 4.69) is 0 Å². The molecule has 1 heterocycles. The summed E-state index contributed by atoms with van der Waals surface area (Å²) in [5.74, 6) is -1.72. The number of allylic oxidation sites excluding steroid dienone is 2. The monoisotopic (exact) mass is 336 g/mol. The molecule has 0 saturated carbocycles. The predicted octanol–water partition coefficient (Wildman–Crippen LogP) is 1.96. The maximum absolute atomic E-state index is 12.1. The zero-order valence-electron chi connectivity index (χ0n) is 12.2. The topological polar surface area (TPSA) is 96.9 Å². The first-order valence-electron chi connectivity index (χ1n) is 6.16. The third-order valence-electron chi connectivity index (χ3n) is 2.71. The summed E-state index contributed by atoms with van der Waals surface area (Å²) in [6, 6.07) is 9.70. The van der Waals surface area contributed by atoms with Crippen LogP contribution in [0.25, 0.3) is 6.08 Å². The van der Waals surface area contributed by atoms with Gasteiger partial charge in [0.2, 0.25) is 0 Å². The van der Waals surface area contributed by atoms with E-state index in [0.717, 1.165) is 27.8 Å². The first-order valence-corrected chi connectivity index (χ1v) is 7.38. The van der Waals surface area contributed by atoms with Crippen LogP contribution in [0.2, 0.25) is 0 Å². The number of aliphatic carboxylic acids is 1. The summed E-state index contributed by atoms with van der Waals surface area (Å²) in [6.45, 7) is 1.36. The Morgan fingerprint density at radius 3 is 2.59 bits per heavy atom. The first-order chi connectivity index (χ1) is 9.97. The average molecular weight is 336 g/mol. The number of carboxylic acid groups (broad SMARTS) is 1. The lowest BCUT2D eigenvalue weighted by Gasteiger charge is -2.14. The van der Waals surface area contributed by atoms with E-state index in [4.69, 9.17) is 12.2 Å². The first kappa shape index (κ1) is 18.1. The highest BCUT2D eigenvalue weighted by molar-refractivity contribution is 8.26. The molecule has 1 amide bonds. The molecule has 0 spiro atoms. The molecule has 0 bridgehead atoms. The molecule has 7 heteroatoms. The number of carbonyl (C=O) groups excluding carboxylic acids is 2. The van der Waals surface area contributed by atoms with Crippen molar-refractivity contribution in [3.8, 4) is 0 Å². The smallest absolute Gasteiger partial charge is 0.266 e. The summed E-state index contributed by atoms with van der Waals surface area (Å²) in [4.78, 5) is 24.1. The molecule has 22 heavy (non-hydrogen) atoms. The van der Waals surface area contributed by atoms with Gasteiger partial charge in [0.25, 0.3) is 5.91 Å². The van der Waals surface area contributed by atoms with Crippen LogP contribution in [-0.2, 0) is 9.59 Å². The van der Waals surface area contributed by atoms with Crippen molar-refractivity contribution < 1.29 is 14.7 Å². The molecule has 1 aliphatic heterocycles. The highest BCUT2D eigenvalue weighted by Gasteiger charge is 2.31. The van der Waals surface area contributed by atoms with Crippen molar-refractivity contribution >= 4 is 46.3 Å². The van der Waals surface area contributed by atoms with Gasteiger partial charge in [0, 0.05) is 0 Å². The van der Waals surface area contributed by atoms with Crippen molar-refractivity contribution in [2.24, 2.45) is 0 Å². The Morgan fingerprint density at radius 2 is 2.00 bits per heavy atom. The zero-order valence-corrected chi connectivity index (χ0v) is 13.9. The number of quaternary nitrogens is 1. The van der Waals surface area contributed by atoms with Gasteiger partial charge in [-0.3, -0.25) is 9.69 Å². The minimum atomic E-state index is -1.33. The van der Waals surface area contributed by atoms with Gasteiger partial charge >= 0.3 is 0 Å². The molecule has 2 rings (SSSR count). The van der Waals surface area contributed by atoms with Crippen molar-refractivity contribution in [3.63, 3.8) is 0 Å². The molecule has 116 valence electrons. The Morgan fingerprint density at radius 1 is 1.36 bits per heavy atom. The molecule has 5 nitrogen and oxygen atoms in total. The number of hydrogen-bond acceptors (Lipinski definition) is 5. The van der Waals surface area contributed by atoms with Crippen LogP contribution in [0.4, 0.5) is 0 Å². The molecule has 0 unspecified atom stereocenters. The van der Waals surface area contributed by atoms with Gasteiger partial charge in [0.05, 0.1) is 17.4 Å². The number of rotatable bonds is 4. The van der Waals surface area contributed by atoms with Crippen LogP contribution in [0.1, 0.15) is 12.5 Å². The lowest BCUT2D eigenvalue weighted by atomic mass is 10.1. The molecule has 1 aliphatic rings. The number of thiocarbonyl (C=S) groups is 1. The van der Waals surface area contributed by atoms with E-state index < -0.39 is 18.4 Å². The van der Waals surface area contributed by atoms with Crippen LogP contribution in [0.3, 0.4) is 0 Å². The third-order valence-corrected chi connectivity index (χ3v) is 4.09. The van der Waals surface area contributed by atoms with Crippen molar-refractivity contribution in [1.29, 1.82) is 0 Å². The van der Waals surface area contributed by atoms with Crippen LogP contribution < -0.4 is 11.3 Å². The third kappa shape index (κ3) is 4.52. The number of benzene rings is 1. The number of thioether (sulfide) groups is 1. The molecule has 1 aromatic rings. The van der Waals surface area contributed by atoms with Gasteiger partial charge in [-0.15, -0.1) is 0 Å². The van der Waals surface area contributed by atoms with Crippen LogP contribution in [-0.4, -0.2) is 27.6 Å². The summed E-state index contributed by atoms with van der Waals surface area (Å²) >= 11 is 6.11. The number of carboxylic acids is 1. The summed E-state index contributed by atoms with van der Waals surface area (Å²) in [5.41, 5.74) is 1.91. The lowest BCUT2D eigenvalue weighted by molar-refractivity contribution is -0.305. The van der Waals surface area contributed by atoms with E-state index in [1.165, 1.54) is 0 Å². The number of amides is 1. The fraction of sp³-hybridized carbons (Fsp3) is 0.133. The minimum absolute atomic E-state index is 0. The molecular weight excluding hydrogens is 320 g/mol. The van der Waals surface area contributed by atoms with Crippen LogP contribution >= 0.6 is 24.0 Å². The normalized spacial score (nSPS) is 16.9. The van der Waals surface area contributed by atoms with E-state index >= 15 is 0 Å². The lowest BCUT2D eigenvalue weighted by Crippen LogP contribution is -2.40. The molecular formula is C15H16N2O3S2. The van der Waals surface area contributed by atoms with Gasteiger partial charge < -0.3 is 16.1 Å². The van der Waals surface area contributed by atoms with Crippen molar-refractivity contribution in [1.82, 2.24) is 11.1 Å². The molecule has 1 saturated heterocycles. The number of nitrogens with zero attached hydrogens (tertiary/aromatic N) is 1. The largest absolute Gasteiger partial charge is 0.548 e. The summed E-state index contributed by atoms with van der Waals surface area (Å²) in [7, 11) is 0. The van der Waals surface area contributed by atoms with Crippen molar-refractivity contribution in [2.75, 3.05) is 6.54 Å². The fourth-order valence-electron chi connectivity index (χ4n) is 1.83. The zero-order chi connectivity index (χ0) is 15.4. The second-order valence-corrected chi connectivity index (χ2v) is 6.11. The van der Waals surface area contributed by atoms with Gasteiger partial charge in [0.15, 0.2) is 0 Å². The molecule has 0 aliphatic carbocycles.